The Bertz CT molecular complexity index is 1290. The molecular formula is C32H35F3N2O3. The second-order valence-corrected chi connectivity index (χ2v) is 10.6. The highest BCUT2D eigenvalue weighted by molar-refractivity contribution is 6.01. The van der Waals surface area contributed by atoms with Crippen LogP contribution >= 0.6 is 0 Å². The van der Waals surface area contributed by atoms with Gasteiger partial charge >= 0.3 is 12.1 Å². The molecule has 0 aliphatic carbocycles. The van der Waals surface area contributed by atoms with Gasteiger partial charge < -0.3 is 15.0 Å². The number of benzene rings is 3. The fourth-order valence-electron chi connectivity index (χ4n) is 5.31. The number of ether oxygens (including phenoxy) is 1. The zero-order chi connectivity index (χ0) is 28.8. The van der Waals surface area contributed by atoms with E-state index >= 15 is 0 Å². The van der Waals surface area contributed by atoms with E-state index in [1.165, 1.54) is 19.2 Å². The molecule has 1 unspecified atom stereocenters. The second kappa shape index (κ2) is 12.7. The third-order valence-electron chi connectivity index (χ3n) is 7.83. The van der Waals surface area contributed by atoms with Crippen LogP contribution in [0.3, 0.4) is 0 Å². The lowest BCUT2D eigenvalue weighted by Gasteiger charge is -2.36. The monoisotopic (exact) mass is 552 g/mol. The van der Waals surface area contributed by atoms with Crippen LogP contribution in [0.4, 0.5) is 13.2 Å². The number of methoxy groups -OCH3 is 1. The lowest BCUT2D eigenvalue weighted by molar-refractivity contribution is -0.142. The Morgan fingerprint density at radius 2 is 1.52 bits per heavy atom. The SMILES string of the molecule is COC(=O)CC(C)(CCN1CCC(NC(=O)c2ccccc2-c2ccc(C(F)(F)F)cc2)CC1)c1ccccc1. The first-order valence-electron chi connectivity index (χ1n) is 13.5. The minimum Gasteiger partial charge on any atom is -0.469 e. The number of carbonyl (C=O) groups excluding carboxylic acids is 2. The Kier molecular flexibility index (Phi) is 9.30. The summed E-state index contributed by atoms with van der Waals surface area (Å²) >= 11 is 0. The maximum Gasteiger partial charge on any atom is 0.416 e. The smallest absolute Gasteiger partial charge is 0.416 e. The van der Waals surface area contributed by atoms with E-state index in [4.69, 9.17) is 4.74 Å². The molecule has 1 atom stereocenters. The first-order chi connectivity index (χ1) is 19.1. The van der Waals surface area contributed by atoms with Crippen molar-refractivity contribution >= 4 is 11.9 Å². The average molecular weight is 553 g/mol. The molecular weight excluding hydrogens is 517 g/mol. The van der Waals surface area contributed by atoms with E-state index in [1.54, 1.807) is 24.3 Å². The average Bonchev–Trinajstić information content (AvgIpc) is 2.97. The van der Waals surface area contributed by atoms with E-state index < -0.39 is 11.7 Å². The number of alkyl halides is 3. The Labute approximate surface area is 233 Å². The van der Waals surface area contributed by atoms with Gasteiger partial charge in [0.15, 0.2) is 0 Å². The van der Waals surface area contributed by atoms with Gasteiger partial charge in [-0.3, -0.25) is 9.59 Å². The van der Waals surface area contributed by atoms with Gasteiger partial charge in [-0.05, 0) is 60.7 Å². The number of hydrogen-bond donors (Lipinski definition) is 1. The van der Waals surface area contributed by atoms with Gasteiger partial charge in [0, 0.05) is 30.1 Å². The third-order valence-corrected chi connectivity index (χ3v) is 7.83. The summed E-state index contributed by atoms with van der Waals surface area (Å²) in [7, 11) is 1.41. The quantitative estimate of drug-likeness (QED) is 0.309. The lowest BCUT2D eigenvalue weighted by atomic mass is 9.76. The van der Waals surface area contributed by atoms with Crippen molar-refractivity contribution in [3.8, 4) is 11.1 Å². The lowest BCUT2D eigenvalue weighted by Crippen LogP contribution is -2.45. The molecule has 0 spiro atoms. The summed E-state index contributed by atoms with van der Waals surface area (Å²) in [5, 5.41) is 3.13. The van der Waals surface area contributed by atoms with Crippen LogP contribution in [0.1, 0.15) is 54.1 Å². The van der Waals surface area contributed by atoms with E-state index in [1.807, 2.05) is 30.3 Å². The Balaban J connectivity index is 1.35. The number of esters is 1. The van der Waals surface area contributed by atoms with Crippen molar-refractivity contribution in [1.82, 2.24) is 10.2 Å². The fraction of sp³-hybridized carbons (Fsp3) is 0.375. The molecule has 1 fully saturated rings. The predicted octanol–water partition coefficient (Wildman–Crippen LogP) is 6.48. The topological polar surface area (TPSA) is 58.6 Å². The Morgan fingerprint density at radius 1 is 0.900 bits per heavy atom. The maximum atomic E-state index is 13.2. The number of amides is 1. The van der Waals surface area contributed by atoms with Crippen molar-refractivity contribution < 1.29 is 27.5 Å². The number of halogens is 3. The summed E-state index contributed by atoms with van der Waals surface area (Å²) in [5.41, 5.74) is 1.63. The van der Waals surface area contributed by atoms with Crippen LogP contribution in [0.25, 0.3) is 11.1 Å². The summed E-state index contributed by atoms with van der Waals surface area (Å²) in [6.07, 6.45) is -1.74. The van der Waals surface area contributed by atoms with Gasteiger partial charge in [0.1, 0.15) is 0 Å². The van der Waals surface area contributed by atoms with Crippen LogP contribution < -0.4 is 5.32 Å². The van der Waals surface area contributed by atoms with Gasteiger partial charge in [0.2, 0.25) is 0 Å². The summed E-state index contributed by atoms with van der Waals surface area (Å²) in [4.78, 5) is 27.7. The molecule has 1 N–H and O–H groups in total. The van der Waals surface area contributed by atoms with Crippen molar-refractivity contribution in [1.29, 1.82) is 0 Å². The Hall–Kier alpha value is -3.65. The maximum absolute atomic E-state index is 13.2. The van der Waals surface area contributed by atoms with E-state index in [9.17, 15) is 22.8 Å². The van der Waals surface area contributed by atoms with Gasteiger partial charge in [-0.1, -0.05) is 67.6 Å². The minimum absolute atomic E-state index is 0.0000114. The van der Waals surface area contributed by atoms with Gasteiger partial charge in [-0.25, -0.2) is 0 Å². The number of rotatable bonds is 9. The highest BCUT2D eigenvalue weighted by Crippen LogP contribution is 2.33. The van der Waals surface area contributed by atoms with Gasteiger partial charge in [-0.15, -0.1) is 0 Å². The number of carbonyl (C=O) groups is 2. The number of nitrogens with zero attached hydrogens (tertiary/aromatic N) is 1. The minimum atomic E-state index is -4.41. The largest absolute Gasteiger partial charge is 0.469 e. The van der Waals surface area contributed by atoms with Crippen molar-refractivity contribution in [3.63, 3.8) is 0 Å². The molecule has 0 radical (unpaired) electrons. The number of nitrogens with one attached hydrogen (secondary N) is 1. The normalized spacial score (nSPS) is 16.2. The molecule has 0 bridgehead atoms. The van der Waals surface area contributed by atoms with Crippen LogP contribution in [0.2, 0.25) is 0 Å². The highest BCUT2D eigenvalue weighted by atomic mass is 19.4. The summed E-state index contributed by atoms with van der Waals surface area (Å²) < 4.78 is 43.9. The van der Waals surface area contributed by atoms with E-state index in [0.29, 0.717) is 23.1 Å². The van der Waals surface area contributed by atoms with E-state index in [0.717, 1.165) is 56.6 Å². The van der Waals surface area contributed by atoms with Crippen LogP contribution in [0.5, 0.6) is 0 Å². The standard InChI is InChI=1S/C32H35F3N2O3/c1-31(22-29(38)40-2,24-8-4-3-5-9-24)18-21-37-19-16-26(17-20-37)36-30(39)28-11-7-6-10-27(28)23-12-14-25(15-13-23)32(33,34)35/h3-15,26H,16-22H2,1-2H3,(H,36,39). The molecule has 5 nitrogen and oxygen atoms in total. The second-order valence-electron chi connectivity index (χ2n) is 10.6. The molecule has 1 aliphatic rings. The van der Waals surface area contributed by atoms with Crippen LogP contribution in [0.15, 0.2) is 78.9 Å². The van der Waals surface area contributed by atoms with Crippen molar-refractivity contribution in [2.75, 3.05) is 26.7 Å². The summed E-state index contributed by atoms with van der Waals surface area (Å²) in [6, 6.07) is 21.9. The zero-order valence-corrected chi connectivity index (χ0v) is 22.8. The zero-order valence-electron chi connectivity index (χ0n) is 22.8. The molecule has 40 heavy (non-hydrogen) atoms. The van der Waals surface area contributed by atoms with Crippen LogP contribution in [-0.4, -0.2) is 49.6 Å². The Morgan fingerprint density at radius 3 is 2.15 bits per heavy atom. The van der Waals surface area contributed by atoms with E-state index in [-0.39, 0.29) is 23.3 Å². The third kappa shape index (κ3) is 7.30. The molecule has 1 amide bonds. The van der Waals surface area contributed by atoms with Crippen molar-refractivity contribution in [2.45, 2.75) is 50.2 Å². The summed E-state index contributed by atoms with van der Waals surface area (Å²) in [6.45, 7) is 4.54. The van der Waals surface area contributed by atoms with E-state index in [2.05, 4.69) is 17.1 Å². The first-order valence-corrected chi connectivity index (χ1v) is 13.5. The molecule has 8 heteroatoms. The molecule has 0 aromatic heterocycles. The van der Waals surface area contributed by atoms with Crippen LogP contribution in [-0.2, 0) is 21.1 Å². The molecule has 3 aromatic rings. The number of hydrogen-bond acceptors (Lipinski definition) is 4. The molecule has 1 saturated heterocycles. The molecule has 1 heterocycles. The summed E-state index contributed by atoms with van der Waals surface area (Å²) in [5.74, 6) is -0.465. The molecule has 1 aliphatic heterocycles. The first kappa shape index (κ1) is 29.3. The molecule has 3 aromatic carbocycles. The predicted molar refractivity (Wildman–Crippen MR) is 149 cm³/mol. The van der Waals surface area contributed by atoms with Crippen molar-refractivity contribution in [3.05, 3.63) is 95.6 Å². The molecule has 212 valence electrons. The van der Waals surface area contributed by atoms with Gasteiger partial charge in [-0.2, -0.15) is 13.2 Å². The fourth-order valence-corrected chi connectivity index (χ4v) is 5.31. The molecule has 0 saturated carbocycles. The molecule has 4 rings (SSSR count). The number of piperidine rings is 1. The number of likely N-dealkylation sites (tertiary alicyclic amines) is 1. The van der Waals surface area contributed by atoms with Gasteiger partial charge in [0.25, 0.3) is 5.91 Å². The van der Waals surface area contributed by atoms with Gasteiger partial charge in [0.05, 0.1) is 19.1 Å². The van der Waals surface area contributed by atoms with Crippen LogP contribution in [0, 0.1) is 0 Å². The van der Waals surface area contributed by atoms with Crippen molar-refractivity contribution in [2.24, 2.45) is 0 Å². The highest BCUT2D eigenvalue weighted by Gasteiger charge is 2.32.